The van der Waals surface area contributed by atoms with E-state index in [0.717, 1.165) is 22.4 Å². The standard InChI is InChI=1S/C24H31N5/c1-17-14-19(18(2)29(17)21-10-12-28(5)13-11-21)6-7-20-16-25-23-9-8-22(27(3)4)15-24(23)26-20/h6-9,14-16,21H,10-13H2,1-5H3. The van der Waals surface area contributed by atoms with Crippen LogP contribution in [0, 0.1) is 13.8 Å². The predicted octanol–water partition coefficient (Wildman–Crippen LogP) is 4.55. The Kier molecular flexibility index (Phi) is 5.41. The summed E-state index contributed by atoms with van der Waals surface area (Å²) in [4.78, 5) is 13.9. The molecule has 152 valence electrons. The third-order valence-corrected chi connectivity index (χ3v) is 6.07. The monoisotopic (exact) mass is 389 g/mol. The van der Waals surface area contributed by atoms with E-state index in [-0.39, 0.29) is 0 Å². The molecule has 0 atom stereocenters. The molecule has 3 aromatic rings. The Morgan fingerprint density at radius 3 is 2.52 bits per heavy atom. The lowest BCUT2D eigenvalue weighted by Gasteiger charge is -2.31. The average Bonchev–Trinajstić information content (AvgIpc) is 2.99. The first-order valence-corrected chi connectivity index (χ1v) is 10.4. The van der Waals surface area contributed by atoms with Crippen molar-refractivity contribution in [2.24, 2.45) is 0 Å². The van der Waals surface area contributed by atoms with Crippen molar-refractivity contribution < 1.29 is 0 Å². The largest absolute Gasteiger partial charge is 0.378 e. The number of piperidine rings is 1. The van der Waals surface area contributed by atoms with Gasteiger partial charge in [-0.2, -0.15) is 0 Å². The highest BCUT2D eigenvalue weighted by molar-refractivity contribution is 5.80. The molecule has 1 aromatic carbocycles. The second kappa shape index (κ2) is 7.99. The number of likely N-dealkylation sites (tertiary alicyclic amines) is 1. The van der Waals surface area contributed by atoms with E-state index in [1.165, 1.54) is 42.9 Å². The molecular formula is C24H31N5. The number of aryl methyl sites for hydroxylation is 1. The minimum Gasteiger partial charge on any atom is -0.378 e. The number of fused-ring (bicyclic) bond motifs is 1. The smallest absolute Gasteiger partial charge is 0.0914 e. The Morgan fingerprint density at radius 2 is 1.79 bits per heavy atom. The summed E-state index contributed by atoms with van der Waals surface area (Å²) in [6, 6.07) is 9.09. The molecule has 1 fully saturated rings. The van der Waals surface area contributed by atoms with E-state index >= 15 is 0 Å². The van der Waals surface area contributed by atoms with Gasteiger partial charge >= 0.3 is 0 Å². The van der Waals surface area contributed by atoms with Gasteiger partial charge in [-0.3, -0.25) is 4.98 Å². The summed E-state index contributed by atoms with van der Waals surface area (Å²) in [5.74, 6) is 0. The van der Waals surface area contributed by atoms with Gasteiger partial charge in [-0.15, -0.1) is 0 Å². The predicted molar refractivity (Wildman–Crippen MR) is 122 cm³/mol. The van der Waals surface area contributed by atoms with E-state index in [1.54, 1.807) is 0 Å². The summed E-state index contributed by atoms with van der Waals surface area (Å²) in [5, 5.41) is 0. The van der Waals surface area contributed by atoms with Crippen LogP contribution in [-0.2, 0) is 0 Å². The highest BCUT2D eigenvalue weighted by atomic mass is 15.1. The van der Waals surface area contributed by atoms with E-state index in [2.05, 4.69) is 70.6 Å². The summed E-state index contributed by atoms with van der Waals surface area (Å²) in [6.07, 6.45) is 8.56. The van der Waals surface area contributed by atoms with E-state index in [1.807, 2.05) is 26.4 Å². The van der Waals surface area contributed by atoms with Gasteiger partial charge in [0.1, 0.15) is 0 Å². The van der Waals surface area contributed by atoms with Gasteiger partial charge in [0, 0.05) is 37.2 Å². The number of anilines is 1. The number of aromatic nitrogens is 3. The van der Waals surface area contributed by atoms with E-state index < -0.39 is 0 Å². The van der Waals surface area contributed by atoms with Gasteiger partial charge in [-0.25, -0.2) is 4.98 Å². The van der Waals surface area contributed by atoms with Gasteiger partial charge in [0.05, 0.1) is 22.9 Å². The van der Waals surface area contributed by atoms with Crippen molar-refractivity contribution in [3.63, 3.8) is 0 Å². The van der Waals surface area contributed by atoms with Crippen LogP contribution in [0.2, 0.25) is 0 Å². The van der Waals surface area contributed by atoms with Crippen molar-refractivity contribution in [3.8, 4) is 0 Å². The molecular weight excluding hydrogens is 358 g/mol. The number of rotatable bonds is 4. The SMILES string of the molecule is Cc1cc(C=Cc2cnc3ccc(N(C)C)cc3n2)c(C)n1C1CCN(C)CC1. The topological polar surface area (TPSA) is 37.2 Å². The van der Waals surface area contributed by atoms with Gasteiger partial charge in [-0.1, -0.05) is 6.08 Å². The van der Waals surface area contributed by atoms with Crippen LogP contribution in [0.3, 0.4) is 0 Å². The summed E-state index contributed by atoms with van der Waals surface area (Å²) in [5.41, 5.74) is 7.83. The maximum atomic E-state index is 4.80. The Bertz CT molecular complexity index is 1040. The molecule has 0 saturated carbocycles. The Morgan fingerprint density at radius 1 is 1.03 bits per heavy atom. The van der Waals surface area contributed by atoms with Crippen molar-refractivity contribution in [3.05, 3.63) is 53.1 Å². The Hall–Kier alpha value is -2.66. The molecule has 1 aliphatic rings. The molecule has 4 rings (SSSR count). The van der Waals surface area contributed by atoms with Gasteiger partial charge in [0.15, 0.2) is 0 Å². The third kappa shape index (κ3) is 4.06. The van der Waals surface area contributed by atoms with Gasteiger partial charge in [0.25, 0.3) is 0 Å². The number of benzene rings is 1. The Labute approximate surface area is 173 Å². The van der Waals surface area contributed by atoms with Crippen molar-refractivity contribution >= 4 is 28.9 Å². The summed E-state index contributed by atoms with van der Waals surface area (Å²) in [6.45, 7) is 6.81. The highest BCUT2D eigenvalue weighted by Crippen LogP contribution is 2.29. The minimum absolute atomic E-state index is 0.610. The second-order valence-electron chi connectivity index (χ2n) is 8.43. The van der Waals surface area contributed by atoms with Crippen LogP contribution in [0.5, 0.6) is 0 Å². The fraction of sp³-hybridized carbons (Fsp3) is 0.417. The summed E-state index contributed by atoms with van der Waals surface area (Å²) in [7, 11) is 6.29. The van der Waals surface area contributed by atoms with Crippen LogP contribution in [0.1, 0.15) is 41.5 Å². The van der Waals surface area contributed by atoms with E-state index in [9.17, 15) is 0 Å². The molecule has 0 spiro atoms. The molecule has 29 heavy (non-hydrogen) atoms. The number of nitrogens with zero attached hydrogens (tertiary/aromatic N) is 5. The lowest BCUT2D eigenvalue weighted by atomic mass is 10.0. The quantitative estimate of drug-likeness (QED) is 0.656. The molecule has 3 heterocycles. The normalized spacial score (nSPS) is 16.2. The zero-order valence-electron chi connectivity index (χ0n) is 18.2. The third-order valence-electron chi connectivity index (χ3n) is 6.07. The van der Waals surface area contributed by atoms with Crippen LogP contribution in [0.4, 0.5) is 5.69 Å². The van der Waals surface area contributed by atoms with Crippen LogP contribution in [-0.4, -0.2) is 53.7 Å². The highest BCUT2D eigenvalue weighted by Gasteiger charge is 2.21. The van der Waals surface area contributed by atoms with Crippen LogP contribution in [0.15, 0.2) is 30.5 Å². The van der Waals surface area contributed by atoms with Crippen LogP contribution in [0.25, 0.3) is 23.2 Å². The first kappa shape index (κ1) is 19.6. The fourth-order valence-corrected chi connectivity index (χ4v) is 4.33. The van der Waals surface area contributed by atoms with Crippen molar-refractivity contribution in [1.82, 2.24) is 19.4 Å². The molecule has 5 heteroatoms. The van der Waals surface area contributed by atoms with Crippen LogP contribution < -0.4 is 4.90 Å². The first-order chi connectivity index (χ1) is 13.9. The molecule has 0 bridgehead atoms. The molecule has 1 aliphatic heterocycles. The van der Waals surface area contributed by atoms with Crippen molar-refractivity contribution in [2.75, 3.05) is 39.1 Å². The fourth-order valence-electron chi connectivity index (χ4n) is 4.33. The Balaban J connectivity index is 1.60. The second-order valence-corrected chi connectivity index (χ2v) is 8.43. The minimum atomic E-state index is 0.610. The molecule has 0 N–H and O–H groups in total. The van der Waals surface area contributed by atoms with Gasteiger partial charge in [-0.05, 0) is 82.7 Å². The van der Waals surface area contributed by atoms with Crippen LogP contribution >= 0.6 is 0 Å². The summed E-state index contributed by atoms with van der Waals surface area (Å²) < 4.78 is 2.53. The molecule has 2 aromatic heterocycles. The lowest BCUT2D eigenvalue weighted by Crippen LogP contribution is -2.32. The van der Waals surface area contributed by atoms with E-state index in [0.29, 0.717) is 6.04 Å². The molecule has 0 amide bonds. The summed E-state index contributed by atoms with van der Waals surface area (Å²) >= 11 is 0. The molecule has 5 nitrogen and oxygen atoms in total. The van der Waals surface area contributed by atoms with Crippen molar-refractivity contribution in [2.45, 2.75) is 32.7 Å². The molecule has 1 saturated heterocycles. The van der Waals surface area contributed by atoms with Gasteiger partial charge < -0.3 is 14.4 Å². The zero-order valence-corrected chi connectivity index (χ0v) is 18.2. The maximum Gasteiger partial charge on any atom is 0.0914 e. The first-order valence-electron chi connectivity index (χ1n) is 10.4. The number of hydrogen-bond acceptors (Lipinski definition) is 4. The lowest BCUT2D eigenvalue weighted by molar-refractivity contribution is 0.218. The molecule has 0 radical (unpaired) electrons. The van der Waals surface area contributed by atoms with E-state index in [4.69, 9.17) is 4.98 Å². The zero-order chi connectivity index (χ0) is 20.5. The van der Waals surface area contributed by atoms with Crippen molar-refractivity contribution in [1.29, 1.82) is 0 Å². The molecule has 0 aliphatic carbocycles. The maximum absolute atomic E-state index is 4.80. The molecule has 0 unspecified atom stereocenters. The number of hydrogen-bond donors (Lipinski definition) is 0. The van der Waals surface area contributed by atoms with Gasteiger partial charge in [0.2, 0.25) is 0 Å². The average molecular weight is 390 g/mol.